The Morgan fingerprint density at radius 2 is 1.91 bits per heavy atom. The fraction of sp³-hybridized carbons (Fsp3) is 0.188. The Morgan fingerprint density at radius 1 is 1.14 bits per heavy atom. The molecule has 1 aromatic heterocycles. The molecule has 0 unspecified atom stereocenters. The van der Waals surface area contributed by atoms with Gasteiger partial charge in [0.1, 0.15) is 6.10 Å². The average Bonchev–Trinajstić information content (AvgIpc) is 2.96. The molecule has 0 aliphatic heterocycles. The zero-order chi connectivity index (χ0) is 15.5. The van der Waals surface area contributed by atoms with Gasteiger partial charge in [-0.3, -0.25) is 14.3 Å². The first-order valence-corrected chi connectivity index (χ1v) is 6.89. The molecule has 0 amide bonds. The molecule has 1 aliphatic rings. The smallest absolute Gasteiger partial charge is 0.338 e. The first kappa shape index (κ1) is 14.1. The second kappa shape index (κ2) is 5.85. The van der Waals surface area contributed by atoms with Crippen LogP contribution < -0.4 is 11.2 Å². The monoisotopic (exact) mass is 298 g/mol. The molecule has 0 radical (unpaired) electrons. The van der Waals surface area contributed by atoms with Gasteiger partial charge in [-0.2, -0.15) is 0 Å². The molecule has 112 valence electrons. The number of carbonyl (C=O) groups excluding carboxylic acids is 1. The maximum Gasteiger partial charge on any atom is 0.338 e. The lowest BCUT2D eigenvalue weighted by atomic mass is 10.2. The second-order valence-electron chi connectivity index (χ2n) is 5.02. The molecule has 1 heterocycles. The van der Waals surface area contributed by atoms with Crippen molar-refractivity contribution in [3.63, 3.8) is 0 Å². The summed E-state index contributed by atoms with van der Waals surface area (Å²) >= 11 is 0. The van der Waals surface area contributed by atoms with Crippen molar-refractivity contribution in [2.24, 2.45) is 0 Å². The number of H-pyrrole nitrogens is 1. The fourth-order valence-electron chi connectivity index (χ4n) is 2.41. The van der Waals surface area contributed by atoms with E-state index in [9.17, 15) is 14.4 Å². The van der Waals surface area contributed by atoms with E-state index < -0.39 is 23.3 Å². The van der Waals surface area contributed by atoms with Crippen molar-refractivity contribution < 1.29 is 9.53 Å². The molecule has 0 fully saturated rings. The van der Waals surface area contributed by atoms with E-state index in [1.165, 1.54) is 16.8 Å². The Balaban J connectivity index is 1.68. The molecule has 0 bridgehead atoms. The summed E-state index contributed by atoms with van der Waals surface area (Å²) in [4.78, 5) is 37.0. The van der Waals surface area contributed by atoms with Crippen LogP contribution >= 0.6 is 0 Å². The van der Waals surface area contributed by atoms with E-state index >= 15 is 0 Å². The predicted molar refractivity (Wildman–Crippen MR) is 79.8 cm³/mol. The number of benzene rings is 1. The molecule has 22 heavy (non-hydrogen) atoms. The van der Waals surface area contributed by atoms with Gasteiger partial charge in [-0.15, -0.1) is 0 Å². The van der Waals surface area contributed by atoms with Gasteiger partial charge in [0, 0.05) is 18.7 Å². The third-order valence-corrected chi connectivity index (χ3v) is 3.50. The van der Waals surface area contributed by atoms with Crippen molar-refractivity contribution in [3.8, 4) is 0 Å². The van der Waals surface area contributed by atoms with Crippen LogP contribution in [0.5, 0.6) is 0 Å². The van der Waals surface area contributed by atoms with Gasteiger partial charge in [-0.25, -0.2) is 9.59 Å². The summed E-state index contributed by atoms with van der Waals surface area (Å²) in [6.07, 6.45) is 5.06. The maximum atomic E-state index is 12.0. The Hall–Kier alpha value is -2.89. The summed E-state index contributed by atoms with van der Waals surface area (Å²) in [6, 6.07) is 9.78. The highest BCUT2D eigenvalue weighted by Crippen LogP contribution is 2.24. The second-order valence-corrected chi connectivity index (χ2v) is 5.02. The predicted octanol–water partition coefficient (Wildman–Crippen LogP) is 1.26. The number of nitrogens with zero attached hydrogens (tertiary/aromatic N) is 1. The zero-order valence-corrected chi connectivity index (χ0v) is 11.6. The Kier molecular flexibility index (Phi) is 3.74. The largest absolute Gasteiger partial charge is 0.454 e. The van der Waals surface area contributed by atoms with Gasteiger partial charge in [0.25, 0.3) is 5.56 Å². The third-order valence-electron chi connectivity index (χ3n) is 3.50. The highest BCUT2D eigenvalue weighted by molar-refractivity contribution is 5.89. The summed E-state index contributed by atoms with van der Waals surface area (Å²) in [5.74, 6) is -0.398. The van der Waals surface area contributed by atoms with Crippen molar-refractivity contribution in [1.29, 1.82) is 0 Å². The van der Waals surface area contributed by atoms with E-state index in [1.807, 2.05) is 6.07 Å². The van der Waals surface area contributed by atoms with Crippen LogP contribution in [0, 0.1) is 0 Å². The molecule has 2 aromatic rings. The minimum atomic E-state index is -0.475. The first-order valence-electron chi connectivity index (χ1n) is 6.89. The summed E-state index contributed by atoms with van der Waals surface area (Å²) in [5, 5.41) is 0. The third kappa shape index (κ3) is 2.90. The fourth-order valence-corrected chi connectivity index (χ4v) is 2.41. The van der Waals surface area contributed by atoms with E-state index in [2.05, 4.69) is 4.98 Å². The number of rotatable bonds is 3. The van der Waals surface area contributed by atoms with Crippen molar-refractivity contribution in [2.45, 2.75) is 18.6 Å². The average molecular weight is 298 g/mol. The number of hydrogen-bond acceptors (Lipinski definition) is 4. The summed E-state index contributed by atoms with van der Waals surface area (Å²) in [5.41, 5.74) is -0.423. The standard InChI is InChI=1S/C16H14N2O4/c19-14-8-9-18(16(21)17-14)12-6-7-13(10-12)22-15(20)11-4-2-1-3-5-11/h1-9,12-13H,10H2,(H,17,19,21)/t12-,13+/m0/s1. The number of aromatic amines is 1. The van der Waals surface area contributed by atoms with Crippen molar-refractivity contribution in [1.82, 2.24) is 9.55 Å². The van der Waals surface area contributed by atoms with Gasteiger partial charge in [0.05, 0.1) is 11.6 Å². The first-order chi connectivity index (χ1) is 10.6. The van der Waals surface area contributed by atoms with Gasteiger partial charge in [0.2, 0.25) is 0 Å². The number of esters is 1. The molecule has 1 N–H and O–H groups in total. The maximum absolute atomic E-state index is 12.0. The molecular formula is C16H14N2O4. The van der Waals surface area contributed by atoms with E-state index in [0.29, 0.717) is 12.0 Å². The van der Waals surface area contributed by atoms with Crippen LogP contribution in [0.4, 0.5) is 0 Å². The van der Waals surface area contributed by atoms with Crippen molar-refractivity contribution in [3.05, 3.63) is 81.1 Å². The number of carbonyl (C=O) groups is 1. The number of ether oxygens (including phenoxy) is 1. The van der Waals surface area contributed by atoms with Crippen LogP contribution in [0.1, 0.15) is 22.8 Å². The molecule has 2 atom stereocenters. The van der Waals surface area contributed by atoms with Gasteiger partial charge in [0.15, 0.2) is 0 Å². The van der Waals surface area contributed by atoms with Gasteiger partial charge >= 0.3 is 11.7 Å². The summed E-state index contributed by atoms with van der Waals surface area (Å²) in [7, 11) is 0. The quantitative estimate of drug-likeness (QED) is 0.683. The van der Waals surface area contributed by atoms with Gasteiger partial charge in [-0.1, -0.05) is 24.3 Å². The molecule has 3 rings (SSSR count). The Labute approximate surface area is 125 Å². The SMILES string of the molecule is O=C(O[C@@H]1C=C[C@H](n2ccc(=O)[nH]c2=O)C1)c1ccccc1. The van der Waals surface area contributed by atoms with Crippen LogP contribution in [0.2, 0.25) is 0 Å². The minimum Gasteiger partial charge on any atom is -0.454 e. The molecule has 1 aliphatic carbocycles. The number of aromatic nitrogens is 2. The molecule has 0 spiro atoms. The summed E-state index contributed by atoms with van der Waals surface area (Å²) < 4.78 is 6.81. The van der Waals surface area contributed by atoms with Crippen molar-refractivity contribution >= 4 is 5.97 Å². The normalized spacial score (nSPS) is 20.0. The van der Waals surface area contributed by atoms with E-state index in [1.54, 1.807) is 36.4 Å². The molecular weight excluding hydrogens is 284 g/mol. The number of nitrogens with one attached hydrogen (secondary N) is 1. The lowest BCUT2D eigenvalue weighted by molar-refractivity contribution is 0.0382. The van der Waals surface area contributed by atoms with E-state index in [4.69, 9.17) is 4.74 Å². The molecule has 0 saturated heterocycles. The van der Waals surface area contributed by atoms with Gasteiger partial charge in [-0.05, 0) is 18.2 Å². The Morgan fingerprint density at radius 3 is 2.64 bits per heavy atom. The topological polar surface area (TPSA) is 81.2 Å². The van der Waals surface area contributed by atoms with Crippen LogP contribution in [-0.2, 0) is 4.74 Å². The van der Waals surface area contributed by atoms with E-state index in [-0.39, 0.29) is 6.04 Å². The number of hydrogen-bond donors (Lipinski definition) is 1. The highest BCUT2D eigenvalue weighted by Gasteiger charge is 2.24. The minimum absolute atomic E-state index is 0.238. The number of allylic oxidation sites excluding steroid dienone is 1. The zero-order valence-electron chi connectivity index (χ0n) is 11.6. The van der Waals surface area contributed by atoms with Crippen LogP contribution in [-0.4, -0.2) is 21.6 Å². The van der Waals surface area contributed by atoms with E-state index in [0.717, 1.165) is 0 Å². The lowest BCUT2D eigenvalue weighted by Gasteiger charge is -2.15. The molecule has 6 heteroatoms. The van der Waals surface area contributed by atoms with Gasteiger partial charge < -0.3 is 4.74 Å². The molecule has 6 nitrogen and oxygen atoms in total. The van der Waals surface area contributed by atoms with Crippen LogP contribution in [0.25, 0.3) is 0 Å². The summed E-state index contributed by atoms with van der Waals surface area (Å²) in [6.45, 7) is 0. The molecule has 0 saturated carbocycles. The molecule has 1 aromatic carbocycles. The van der Waals surface area contributed by atoms with Crippen molar-refractivity contribution in [2.75, 3.05) is 0 Å². The van der Waals surface area contributed by atoms with Crippen LogP contribution in [0.3, 0.4) is 0 Å². The lowest BCUT2D eigenvalue weighted by Crippen LogP contribution is -2.31. The van der Waals surface area contributed by atoms with Crippen LogP contribution in [0.15, 0.2) is 64.3 Å². The Bertz CT molecular complexity index is 820. The highest BCUT2D eigenvalue weighted by atomic mass is 16.5.